The van der Waals surface area contributed by atoms with Gasteiger partial charge in [0.05, 0.1) is 23.2 Å². The van der Waals surface area contributed by atoms with Crippen LogP contribution >= 0.6 is 0 Å². The first-order chi connectivity index (χ1) is 13.8. The van der Waals surface area contributed by atoms with Crippen molar-refractivity contribution in [3.8, 4) is 0 Å². The number of benzene rings is 3. The molecule has 29 heavy (non-hydrogen) atoms. The molecule has 7 heteroatoms. The first-order valence-electron chi connectivity index (χ1n) is 8.82. The monoisotopic (exact) mass is 397 g/mol. The Morgan fingerprint density at radius 2 is 1.79 bits per heavy atom. The Balaban J connectivity index is 1.92. The number of primary amides is 1. The van der Waals surface area contributed by atoms with E-state index in [-0.39, 0.29) is 13.2 Å². The lowest BCUT2D eigenvalue weighted by molar-refractivity contribution is -0.137. The second-order valence-electron chi connectivity index (χ2n) is 6.77. The number of aliphatic hydroxyl groups is 1. The number of hydrogen-bond donors (Lipinski definition) is 2. The van der Waals surface area contributed by atoms with Gasteiger partial charge in [0.1, 0.15) is 0 Å². The number of halogens is 3. The molecule has 4 rings (SSSR count). The third kappa shape index (κ3) is 3.34. The topological polar surface area (TPSA) is 68.2 Å². The normalized spacial score (nSPS) is 12.0. The lowest BCUT2D eigenvalue weighted by Gasteiger charge is -2.11. The van der Waals surface area contributed by atoms with Gasteiger partial charge in [0.2, 0.25) is 5.91 Å². The highest BCUT2D eigenvalue weighted by atomic mass is 19.4. The minimum absolute atomic E-state index is 0.184. The molecule has 3 N–H and O–H groups in total. The van der Waals surface area contributed by atoms with Crippen LogP contribution in [0.3, 0.4) is 0 Å². The number of carbonyl (C=O) groups excluding carboxylic acids is 1. The molecule has 0 unspecified atom stereocenters. The quantitative estimate of drug-likeness (QED) is 0.541. The Bertz CT molecular complexity index is 1220. The standard InChI is InChI=1S/C22H16F3N2O2/c23-22(24,25)15-7-4-13(5-8-15)11-27-18-3-1-2-17(21(26)29)20(18)16-9-6-14(12-28)10-19(16)27/h1-8,10,28H,11-12H2,(H2,26,29). The van der Waals surface area contributed by atoms with E-state index in [1.54, 1.807) is 24.3 Å². The number of rotatable bonds is 4. The van der Waals surface area contributed by atoms with E-state index in [1.165, 1.54) is 12.1 Å². The van der Waals surface area contributed by atoms with Crippen LogP contribution in [0.1, 0.15) is 27.0 Å². The highest BCUT2D eigenvalue weighted by molar-refractivity contribution is 6.17. The summed E-state index contributed by atoms with van der Waals surface area (Å²) in [7, 11) is 0. The van der Waals surface area contributed by atoms with E-state index in [9.17, 15) is 23.1 Å². The number of alkyl halides is 3. The van der Waals surface area contributed by atoms with Crippen molar-refractivity contribution in [2.45, 2.75) is 19.3 Å². The van der Waals surface area contributed by atoms with Crippen molar-refractivity contribution >= 4 is 27.7 Å². The minimum Gasteiger partial charge on any atom is -0.392 e. The van der Waals surface area contributed by atoms with E-state index < -0.39 is 17.6 Å². The third-order valence-corrected chi connectivity index (χ3v) is 4.92. The summed E-state index contributed by atoms with van der Waals surface area (Å²) in [4.78, 5) is 11.9. The number of aromatic nitrogens is 1. The Hall–Kier alpha value is -3.32. The van der Waals surface area contributed by atoms with Crippen LogP contribution in [-0.4, -0.2) is 15.6 Å². The number of amides is 1. The van der Waals surface area contributed by atoms with Crippen molar-refractivity contribution < 1.29 is 23.1 Å². The van der Waals surface area contributed by atoms with Crippen LogP contribution in [0.2, 0.25) is 0 Å². The summed E-state index contributed by atoms with van der Waals surface area (Å²) in [5.74, 6) is -0.580. The second-order valence-corrected chi connectivity index (χ2v) is 6.77. The molecule has 0 bridgehead atoms. The molecule has 4 nitrogen and oxygen atoms in total. The molecule has 0 saturated heterocycles. The maximum Gasteiger partial charge on any atom is 0.416 e. The molecule has 1 heterocycles. The van der Waals surface area contributed by atoms with Crippen LogP contribution in [0.25, 0.3) is 21.8 Å². The lowest BCUT2D eigenvalue weighted by atomic mass is 10.0. The van der Waals surface area contributed by atoms with Crippen molar-refractivity contribution in [2.75, 3.05) is 0 Å². The Labute approximate surface area is 164 Å². The summed E-state index contributed by atoms with van der Waals surface area (Å²) >= 11 is 0. The maximum absolute atomic E-state index is 12.8. The fourth-order valence-electron chi connectivity index (χ4n) is 3.55. The zero-order valence-corrected chi connectivity index (χ0v) is 15.1. The number of hydrogen-bond acceptors (Lipinski definition) is 2. The zero-order chi connectivity index (χ0) is 20.8. The summed E-state index contributed by atoms with van der Waals surface area (Å²) in [6.45, 7) is 0.0972. The van der Waals surface area contributed by atoms with Gasteiger partial charge in [-0.2, -0.15) is 13.2 Å². The van der Waals surface area contributed by atoms with E-state index in [0.717, 1.165) is 12.1 Å². The van der Waals surface area contributed by atoms with E-state index in [4.69, 9.17) is 5.73 Å². The molecule has 0 atom stereocenters. The van der Waals surface area contributed by atoms with Gasteiger partial charge in [0.15, 0.2) is 0 Å². The predicted molar refractivity (Wildman–Crippen MR) is 103 cm³/mol. The van der Waals surface area contributed by atoms with Crippen molar-refractivity contribution in [1.82, 2.24) is 4.57 Å². The van der Waals surface area contributed by atoms with Gasteiger partial charge in [-0.15, -0.1) is 0 Å². The van der Waals surface area contributed by atoms with Gasteiger partial charge in [-0.1, -0.05) is 18.2 Å². The van der Waals surface area contributed by atoms with Crippen molar-refractivity contribution in [3.63, 3.8) is 0 Å². The molecule has 0 aliphatic rings. The van der Waals surface area contributed by atoms with Crippen LogP contribution in [0.4, 0.5) is 13.2 Å². The molecular formula is C22H16F3N2O2. The SMILES string of the molecule is NC(=O)c1cccc2c1c1[c]cc(CO)cc1n2Cc1ccc(C(F)(F)F)cc1. The molecule has 0 saturated carbocycles. The molecule has 3 aromatic carbocycles. The van der Waals surface area contributed by atoms with Crippen LogP contribution < -0.4 is 5.73 Å². The first kappa shape index (κ1) is 19.0. The van der Waals surface area contributed by atoms with Crippen LogP contribution in [-0.2, 0) is 19.3 Å². The van der Waals surface area contributed by atoms with Crippen molar-refractivity contribution in [3.05, 3.63) is 82.9 Å². The van der Waals surface area contributed by atoms with Gasteiger partial charge in [0.25, 0.3) is 0 Å². The third-order valence-electron chi connectivity index (χ3n) is 4.92. The average molecular weight is 397 g/mol. The predicted octanol–water partition coefficient (Wildman–Crippen LogP) is 4.25. The molecule has 1 aromatic heterocycles. The van der Waals surface area contributed by atoms with Crippen LogP contribution in [0, 0.1) is 6.07 Å². The summed E-state index contributed by atoms with van der Waals surface area (Å²) in [5.41, 5.74) is 7.88. The van der Waals surface area contributed by atoms with Crippen molar-refractivity contribution in [2.24, 2.45) is 5.73 Å². The summed E-state index contributed by atoms with van der Waals surface area (Å²) in [6.07, 6.45) is -4.40. The Morgan fingerprint density at radius 1 is 1.07 bits per heavy atom. The number of aliphatic hydroxyl groups excluding tert-OH is 1. The molecule has 147 valence electrons. The number of carbonyl (C=O) groups is 1. The Kier molecular flexibility index (Phi) is 4.55. The van der Waals surface area contributed by atoms with Gasteiger partial charge >= 0.3 is 6.18 Å². The molecule has 0 spiro atoms. The number of nitrogens with two attached hydrogens (primary N) is 1. The van der Waals surface area contributed by atoms with Gasteiger partial charge in [-0.3, -0.25) is 4.79 Å². The van der Waals surface area contributed by atoms with Gasteiger partial charge < -0.3 is 15.4 Å². The average Bonchev–Trinajstić information content (AvgIpc) is 3.00. The van der Waals surface area contributed by atoms with E-state index in [2.05, 4.69) is 6.07 Å². The van der Waals surface area contributed by atoms with Gasteiger partial charge in [-0.25, -0.2) is 0 Å². The van der Waals surface area contributed by atoms with Crippen molar-refractivity contribution in [1.29, 1.82) is 0 Å². The minimum atomic E-state index is -4.40. The first-order valence-corrected chi connectivity index (χ1v) is 8.82. The van der Waals surface area contributed by atoms with Crippen LogP contribution in [0.15, 0.2) is 54.6 Å². The molecular weight excluding hydrogens is 381 g/mol. The molecule has 0 aliphatic carbocycles. The van der Waals surface area contributed by atoms with Gasteiger partial charge in [-0.05, 0) is 53.6 Å². The van der Waals surface area contributed by atoms with E-state index >= 15 is 0 Å². The fourth-order valence-corrected chi connectivity index (χ4v) is 3.55. The molecule has 0 fully saturated rings. The molecule has 1 amide bonds. The number of fused-ring (bicyclic) bond motifs is 3. The smallest absolute Gasteiger partial charge is 0.392 e. The zero-order valence-electron chi connectivity index (χ0n) is 15.1. The molecule has 4 aromatic rings. The van der Waals surface area contributed by atoms with Crippen LogP contribution in [0.5, 0.6) is 0 Å². The van der Waals surface area contributed by atoms with E-state index in [1.807, 2.05) is 10.6 Å². The van der Waals surface area contributed by atoms with E-state index in [0.29, 0.717) is 38.5 Å². The highest BCUT2D eigenvalue weighted by Gasteiger charge is 2.30. The highest BCUT2D eigenvalue weighted by Crippen LogP contribution is 2.33. The summed E-state index contributed by atoms with van der Waals surface area (Å²) < 4.78 is 40.4. The fraction of sp³-hybridized carbons (Fsp3) is 0.136. The second kappa shape index (κ2) is 6.93. The Morgan fingerprint density at radius 3 is 2.41 bits per heavy atom. The maximum atomic E-state index is 12.8. The summed E-state index contributed by atoms with van der Waals surface area (Å²) in [6, 6.07) is 16.6. The number of nitrogens with zero attached hydrogens (tertiary/aromatic N) is 1. The largest absolute Gasteiger partial charge is 0.416 e. The molecule has 1 radical (unpaired) electrons. The summed E-state index contributed by atoms with van der Waals surface area (Å²) in [5, 5.41) is 10.8. The molecule has 0 aliphatic heterocycles. The van der Waals surface area contributed by atoms with Gasteiger partial charge in [0, 0.05) is 22.9 Å². The lowest BCUT2D eigenvalue weighted by Crippen LogP contribution is -2.11.